The molecule has 1 aromatic heterocycles. The van der Waals surface area contributed by atoms with Crippen LogP contribution in [0.1, 0.15) is 17.2 Å². The maximum Gasteiger partial charge on any atom is 0.137 e. The minimum Gasteiger partial charge on any atom is -0.384 e. The van der Waals surface area contributed by atoms with Crippen LogP contribution in [0.2, 0.25) is 0 Å². The van der Waals surface area contributed by atoms with Crippen LogP contribution in [0.4, 0.5) is 10.2 Å². The third-order valence-electron chi connectivity index (χ3n) is 2.43. The molecule has 0 saturated heterocycles. The molecule has 0 radical (unpaired) electrons. The van der Waals surface area contributed by atoms with Crippen molar-refractivity contribution in [3.05, 3.63) is 57.9 Å². The van der Waals surface area contributed by atoms with Gasteiger partial charge in [0.2, 0.25) is 0 Å². The highest BCUT2D eigenvalue weighted by Gasteiger charge is 2.15. The Bertz CT molecular complexity index is 548. The van der Waals surface area contributed by atoms with Gasteiger partial charge in [0, 0.05) is 11.8 Å². The first-order valence-corrected chi connectivity index (χ1v) is 5.72. The van der Waals surface area contributed by atoms with Crippen molar-refractivity contribution in [2.24, 2.45) is 0 Å². The van der Waals surface area contributed by atoms with E-state index in [4.69, 9.17) is 5.73 Å². The van der Waals surface area contributed by atoms with Crippen molar-refractivity contribution in [2.45, 2.75) is 6.10 Å². The van der Waals surface area contributed by atoms with Gasteiger partial charge in [-0.05, 0) is 39.7 Å². The summed E-state index contributed by atoms with van der Waals surface area (Å²) in [6, 6.07) is 7.69. The number of benzene rings is 1. The van der Waals surface area contributed by atoms with Gasteiger partial charge in [-0.2, -0.15) is 0 Å². The number of aliphatic hydroxyl groups excluding tert-OH is 1. The summed E-state index contributed by atoms with van der Waals surface area (Å²) in [7, 11) is 0. The number of nitrogens with two attached hydrogens (primary N) is 1. The van der Waals surface area contributed by atoms with Crippen molar-refractivity contribution in [3.8, 4) is 0 Å². The van der Waals surface area contributed by atoms with Crippen molar-refractivity contribution >= 4 is 21.7 Å². The predicted molar refractivity (Wildman–Crippen MR) is 66.8 cm³/mol. The third-order valence-corrected chi connectivity index (χ3v) is 3.03. The van der Waals surface area contributed by atoms with Crippen LogP contribution in [0.15, 0.2) is 41.0 Å². The highest BCUT2D eigenvalue weighted by molar-refractivity contribution is 9.10. The summed E-state index contributed by atoms with van der Waals surface area (Å²) < 4.78 is 13.4. The van der Waals surface area contributed by atoms with Gasteiger partial charge in [0.25, 0.3) is 0 Å². The Morgan fingerprint density at radius 2 is 2.12 bits per heavy atom. The van der Waals surface area contributed by atoms with Crippen LogP contribution >= 0.6 is 15.9 Å². The van der Waals surface area contributed by atoms with Gasteiger partial charge < -0.3 is 10.8 Å². The zero-order chi connectivity index (χ0) is 12.4. The summed E-state index contributed by atoms with van der Waals surface area (Å²) in [4.78, 5) is 3.90. The molecule has 88 valence electrons. The molecule has 17 heavy (non-hydrogen) atoms. The largest absolute Gasteiger partial charge is 0.384 e. The smallest absolute Gasteiger partial charge is 0.137 e. The molecule has 0 spiro atoms. The normalized spacial score (nSPS) is 12.4. The van der Waals surface area contributed by atoms with Gasteiger partial charge >= 0.3 is 0 Å². The zero-order valence-electron chi connectivity index (χ0n) is 8.77. The Morgan fingerprint density at radius 3 is 2.76 bits per heavy atom. The van der Waals surface area contributed by atoms with Gasteiger partial charge in [-0.1, -0.05) is 12.1 Å². The molecule has 3 N–H and O–H groups in total. The molecule has 1 aromatic carbocycles. The second kappa shape index (κ2) is 4.81. The van der Waals surface area contributed by atoms with Crippen molar-refractivity contribution in [1.82, 2.24) is 4.98 Å². The van der Waals surface area contributed by atoms with Crippen molar-refractivity contribution in [3.63, 3.8) is 0 Å². The Morgan fingerprint density at radius 1 is 1.35 bits per heavy atom. The lowest BCUT2D eigenvalue weighted by Gasteiger charge is -2.13. The molecule has 1 unspecified atom stereocenters. The number of hydrogen-bond acceptors (Lipinski definition) is 3. The van der Waals surface area contributed by atoms with Crippen LogP contribution in [0.25, 0.3) is 0 Å². The average Bonchev–Trinajstić information content (AvgIpc) is 2.32. The van der Waals surface area contributed by atoms with Crippen molar-refractivity contribution in [1.29, 1.82) is 0 Å². The minimum atomic E-state index is -0.916. The average molecular weight is 297 g/mol. The van der Waals surface area contributed by atoms with E-state index < -0.39 is 6.10 Å². The predicted octanol–water partition coefficient (Wildman–Crippen LogP) is 2.65. The van der Waals surface area contributed by atoms with Gasteiger partial charge in [-0.3, -0.25) is 0 Å². The lowest BCUT2D eigenvalue weighted by molar-refractivity contribution is 0.220. The molecule has 0 aliphatic rings. The second-order valence-corrected chi connectivity index (χ2v) is 4.41. The van der Waals surface area contributed by atoms with E-state index in [9.17, 15) is 9.50 Å². The van der Waals surface area contributed by atoms with Gasteiger partial charge in [0.1, 0.15) is 17.7 Å². The summed E-state index contributed by atoms with van der Waals surface area (Å²) in [6.45, 7) is 0. The van der Waals surface area contributed by atoms with E-state index in [-0.39, 0.29) is 11.6 Å². The van der Waals surface area contributed by atoms with Crippen LogP contribution in [0.5, 0.6) is 0 Å². The lowest BCUT2D eigenvalue weighted by atomic mass is 10.0. The van der Waals surface area contributed by atoms with E-state index in [1.165, 1.54) is 18.2 Å². The lowest BCUT2D eigenvalue weighted by Crippen LogP contribution is -2.05. The SMILES string of the molecule is Nc1ncccc1C(O)c1ccc(F)c(Br)c1. The van der Waals surface area contributed by atoms with Crippen LogP contribution < -0.4 is 5.73 Å². The summed E-state index contributed by atoms with van der Waals surface area (Å²) in [6.07, 6.45) is 0.632. The molecule has 0 saturated carbocycles. The monoisotopic (exact) mass is 296 g/mol. The Labute approximate surface area is 106 Å². The Balaban J connectivity index is 2.40. The van der Waals surface area contributed by atoms with Crippen LogP contribution in [-0.2, 0) is 0 Å². The molecule has 0 aliphatic heterocycles. The Kier molecular flexibility index (Phi) is 3.40. The quantitative estimate of drug-likeness (QED) is 0.896. The number of hydrogen-bond donors (Lipinski definition) is 2. The molecule has 2 rings (SSSR count). The van der Waals surface area contributed by atoms with Gasteiger partial charge in [0.05, 0.1) is 4.47 Å². The first kappa shape index (κ1) is 12.0. The highest BCUT2D eigenvalue weighted by atomic mass is 79.9. The number of aromatic nitrogens is 1. The fourth-order valence-electron chi connectivity index (χ4n) is 1.52. The molecular weight excluding hydrogens is 287 g/mol. The van der Waals surface area contributed by atoms with E-state index in [0.717, 1.165) is 0 Å². The van der Waals surface area contributed by atoms with E-state index in [1.54, 1.807) is 18.3 Å². The zero-order valence-corrected chi connectivity index (χ0v) is 10.4. The number of halogens is 2. The van der Waals surface area contributed by atoms with Gasteiger partial charge in [-0.25, -0.2) is 9.37 Å². The molecule has 0 bridgehead atoms. The molecule has 1 heterocycles. The first-order chi connectivity index (χ1) is 8.09. The Hall–Kier alpha value is -1.46. The summed E-state index contributed by atoms with van der Waals surface area (Å²) in [5, 5.41) is 10.1. The molecule has 1 atom stereocenters. The number of nitrogen functional groups attached to an aromatic ring is 1. The molecular formula is C12H10BrFN2O. The molecule has 0 aliphatic carbocycles. The highest BCUT2D eigenvalue weighted by Crippen LogP contribution is 2.28. The van der Waals surface area contributed by atoms with Crippen LogP contribution in [0, 0.1) is 5.82 Å². The van der Waals surface area contributed by atoms with Crippen LogP contribution in [-0.4, -0.2) is 10.1 Å². The number of pyridine rings is 1. The minimum absolute atomic E-state index is 0.264. The fraction of sp³-hybridized carbons (Fsp3) is 0.0833. The van der Waals surface area contributed by atoms with Gasteiger partial charge in [-0.15, -0.1) is 0 Å². The van der Waals surface area contributed by atoms with Gasteiger partial charge in [0.15, 0.2) is 0 Å². The van der Waals surface area contributed by atoms with Crippen LogP contribution in [0.3, 0.4) is 0 Å². The number of rotatable bonds is 2. The van der Waals surface area contributed by atoms with Crippen molar-refractivity contribution in [2.75, 3.05) is 5.73 Å². The number of aliphatic hydroxyl groups is 1. The van der Waals surface area contributed by atoms with E-state index in [1.807, 2.05) is 0 Å². The maximum absolute atomic E-state index is 13.1. The van der Waals surface area contributed by atoms with E-state index in [2.05, 4.69) is 20.9 Å². The maximum atomic E-state index is 13.1. The summed E-state index contributed by atoms with van der Waals surface area (Å²) >= 11 is 3.07. The second-order valence-electron chi connectivity index (χ2n) is 3.55. The molecule has 0 amide bonds. The third kappa shape index (κ3) is 2.45. The molecule has 3 nitrogen and oxygen atoms in total. The molecule has 0 fully saturated rings. The summed E-state index contributed by atoms with van der Waals surface area (Å²) in [5.74, 6) is -0.111. The molecule has 5 heteroatoms. The number of nitrogens with zero attached hydrogens (tertiary/aromatic N) is 1. The topological polar surface area (TPSA) is 59.1 Å². The number of anilines is 1. The van der Waals surface area contributed by atoms with E-state index in [0.29, 0.717) is 15.6 Å². The first-order valence-electron chi connectivity index (χ1n) is 4.93. The van der Waals surface area contributed by atoms with E-state index >= 15 is 0 Å². The summed E-state index contributed by atoms with van der Waals surface area (Å²) in [5.41, 5.74) is 6.73. The molecule has 2 aromatic rings. The van der Waals surface area contributed by atoms with Crippen molar-refractivity contribution < 1.29 is 9.50 Å². The fourth-order valence-corrected chi connectivity index (χ4v) is 1.92. The standard InChI is InChI=1S/C12H10BrFN2O/c13-9-6-7(3-4-10(9)14)11(17)8-2-1-5-16-12(8)15/h1-6,11,17H,(H2,15,16).